The van der Waals surface area contributed by atoms with Gasteiger partial charge in [0.1, 0.15) is 0 Å². The molecule has 168 valence electrons. The third-order valence-electron chi connectivity index (χ3n) is 4.48. The number of carbonyl (C=O) groups excluding carboxylic acids is 2. The van der Waals surface area contributed by atoms with Gasteiger partial charge < -0.3 is 14.2 Å². The quantitative estimate of drug-likeness (QED) is 0.367. The number of carbonyl (C=O) groups is 2. The Hall–Kier alpha value is -2.78. The van der Waals surface area contributed by atoms with Crippen molar-refractivity contribution >= 4 is 56.5 Å². The number of esters is 1. The van der Waals surface area contributed by atoms with E-state index in [4.69, 9.17) is 14.2 Å². The molecule has 2 aromatic rings. The number of likely N-dealkylation sites (N-methyl/N-ethyl adjacent to an activating group) is 1. The SMILES string of the molecule is CCOC(=O)c1ccc(N=C2SC(=Cc3cc(OCC)c(OC)cc3Br)C(=O)N2C)cc1. The van der Waals surface area contributed by atoms with Gasteiger partial charge in [0.25, 0.3) is 5.91 Å². The van der Waals surface area contributed by atoms with E-state index in [1.165, 1.54) is 16.7 Å². The van der Waals surface area contributed by atoms with Crippen LogP contribution in [0.5, 0.6) is 11.5 Å². The summed E-state index contributed by atoms with van der Waals surface area (Å²) in [6.45, 7) is 4.47. The number of halogens is 1. The minimum absolute atomic E-state index is 0.155. The van der Waals surface area contributed by atoms with E-state index in [0.717, 1.165) is 10.0 Å². The molecule has 1 aliphatic rings. The standard InChI is InChI=1S/C23H23BrN2O5S/c1-5-30-19-11-15(17(24)13-18(19)29-4)12-20-21(27)26(3)23(32-20)25-16-9-7-14(8-10-16)22(28)31-6-2/h7-13H,5-6H2,1-4H3. The lowest BCUT2D eigenvalue weighted by atomic mass is 10.2. The summed E-state index contributed by atoms with van der Waals surface area (Å²) in [5.74, 6) is 0.676. The Labute approximate surface area is 199 Å². The number of aliphatic imine (C=N–C) groups is 1. The van der Waals surface area contributed by atoms with Crippen LogP contribution in [0, 0.1) is 0 Å². The molecule has 32 heavy (non-hydrogen) atoms. The lowest BCUT2D eigenvalue weighted by Crippen LogP contribution is -2.23. The highest BCUT2D eigenvalue weighted by molar-refractivity contribution is 9.10. The van der Waals surface area contributed by atoms with Crippen LogP contribution in [0.4, 0.5) is 5.69 Å². The van der Waals surface area contributed by atoms with Gasteiger partial charge in [-0.25, -0.2) is 9.79 Å². The second kappa shape index (κ2) is 10.7. The van der Waals surface area contributed by atoms with Gasteiger partial charge >= 0.3 is 5.97 Å². The molecule has 0 unspecified atom stereocenters. The molecule has 2 aromatic carbocycles. The number of nitrogens with zero attached hydrogens (tertiary/aromatic N) is 2. The summed E-state index contributed by atoms with van der Waals surface area (Å²) in [4.78, 5) is 31.2. The van der Waals surface area contributed by atoms with Crippen molar-refractivity contribution in [2.45, 2.75) is 13.8 Å². The average Bonchev–Trinajstić information content (AvgIpc) is 3.04. The fraction of sp³-hybridized carbons (Fsp3) is 0.261. The molecule has 1 saturated heterocycles. The van der Waals surface area contributed by atoms with E-state index in [1.54, 1.807) is 51.4 Å². The summed E-state index contributed by atoms with van der Waals surface area (Å²) < 4.78 is 16.8. The Bertz CT molecular complexity index is 1080. The first-order valence-corrected chi connectivity index (χ1v) is 11.5. The number of rotatable bonds is 7. The van der Waals surface area contributed by atoms with Crippen molar-refractivity contribution in [2.75, 3.05) is 27.4 Å². The van der Waals surface area contributed by atoms with Gasteiger partial charge in [0.2, 0.25) is 0 Å². The van der Waals surface area contributed by atoms with Crippen molar-refractivity contribution in [3.8, 4) is 11.5 Å². The van der Waals surface area contributed by atoms with E-state index in [0.29, 0.717) is 46.0 Å². The highest BCUT2D eigenvalue weighted by Gasteiger charge is 2.30. The zero-order chi connectivity index (χ0) is 23.3. The summed E-state index contributed by atoms with van der Waals surface area (Å²) in [5, 5.41) is 0.541. The molecule has 0 aromatic heterocycles. The zero-order valence-electron chi connectivity index (χ0n) is 18.2. The Morgan fingerprint density at radius 2 is 1.88 bits per heavy atom. The number of hydrogen-bond donors (Lipinski definition) is 0. The molecule has 3 rings (SSSR count). The van der Waals surface area contributed by atoms with Crippen LogP contribution in [0.15, 0.2) is 50.8 Å². The predicted octanol–water partition coefficient (Wildman–Crippen LogP) is 5.27. The lowest BCUT2D eigenvalue weighted by molar-refractivity contribution is -0.121. The molecule has 0 radical (unpaired) electrons. The van der Waals surface area contributed by atoms with Crippen LogP contribution < -0.4 is 9.47 Å². The first-order chi connectivity index (χ1) is 15.4. The van der Waals surface area contributed by atoms with Gasteiger partial charge in [-0.15, -0.1) is 0 Å². The molecule has 0 saturated carbocycles. The Kier molecular flexibility index (Phi) is 7.98. The molecular formula is C23H23BrN2O5S. The molecule has 1 heterocycles. The molecular weight excluding hydrogens is 496 g/mol. The van der Waals surface area contributed by atoms with Crippen molar-refractivity contribution in [1.82, 2.24) is 4.90 Å². The van der Waals surface area contributed by atoms with Crippen LogP contribution in [0.2, 0.25) is 0 Å². The lowest BCUT2D eigenvalue weighted by Gasteiger charge is -2.11. The first-order valence-electron chi connectivity index (χ1n) is 9.91. The largest absolute Gasteiger partial charge is 0.493 e. The van der Waals surface area contributed by atoms with E-state index in [-0.39, 0.29) is 11.9 Å². The fourth-order valence-electron chi connectivity index (χ4n) is 2.88. The number of ether oxygens (including phenoxy) is 3. The van der Waals surface area contributed by atoms with Gasteiger partial charge in [0, 0.05) is 11.5 Å². The third kappa shape index (κ3) is 5.34. The van der Waals surface area contributed by atoms with Crippen molar-refractivity contribution < 1.29 is 23.8 Å². The fourth-order valence-corrected chi connectivity index (χ4v) is 4.29. The van der Waals surface area contributed by atoms with Gasteiger partial charge in [-0.05, 0) is 73.6 Å². The van der Waals surface area contributed by atoms with E-state index in [2.05, 4.69) is 20.9 Å². The van der Waals surface area contributed by atoms with E-state index >= 15 is 0 Å². The molecule has 9 heteroatoms. The maximum absolute atomic E-state index is 12.8. The number of benzene rings is 2. The van der Waals surface area contributed by atoms with Gasteiger partial charge in [-0.1, -0.05) is 15.9 Å². The summed E-state index contributed by atoms with van der Waals surface area (Å²) >= 11 is 4.81. The van der Waals surface area contributed by atoms with Gasteiger partial charge in [-0.3, -0.25) is 9.69 Å². The zero-order valence-corrected chi connectivity index (χ0v) is 20.6. The molecule has 0 spiro atoms. The smallest absolute Gasteiger partial charge is 0.338 e. The number of hydrogen-bond acceptors (Lipinski definition) is 7. The molecule has 7 nitrogen and oxygen atoms in total. The third-order valence-corrected chi connectivity index (χ3v) is 6.22. The van der Waals surface area contributed by atoms with Crippen molar-refractivity contribution in [1.29, 1.82) is 0 Å². The normalized spacial score (nSPS) is 16.0. The molecule has 0 N–H and O–H groups in total. The van der Waals surface area contributed by atoms with Crippen molar-refractivity contribution in [2.24, 2.45) is 4.99 Å². The first kappa shape index (κ1) is 23.9. The van der Waals surface area contributed by atoms with E-state index < -0.39 is 0 Å². The van der Waals surface area contributed by atoms with Crippen LogP contribution in [-0.4, -0.2) is 49.3 Å². The van der Waals surface area contributed by atoms with Crippen molar-refractivity contribution in [3.05, 3.63) is 56.9 Å². The molecule has 1 aliphatic heterocycles. The van der Waals surface area contributed by atoms with E-state index in [9.17, 15) is 9.59 Å². The van der Waals surface area contributed by atoms with Crippen LogP contribution >= 0.6 is 27.7 Å². The highest BCUT2D eigenvalue weighted by atomic mass is 79.9. The highest BCUT2D eigenvalue weighted by Crippen LogP contribution is 2.38. The molecule has 1 fully saturated rings. The Balaban J connectivity index is 1.86. The number of thioether (sulfide) groups is 1. The minimum atomic E-state index is -0.379. The summed E-state index contributed by atoms with van der Waals surface area (Å²) in [6, 6.07) is 10.4. The van der Waals surface area contributed by atoms with Crippen LogP contribution in [0.25, 0.3) is 6.08 Å². The van der Waals surface area contributed by atoms with Gasteiger partial charge in [0.05, 0.1) is 36.5 Å². The van der Waals surface area contributed by atoms with Gasteiger partial charge in [0.15, 0.2) is 16.7 Å². The summed E-state index contributed by atoms with van der Waals surface area (Å²) in [6.07, 6.45) is 1.79. The topological polar surface area (TPSA) is 77.4 Å². The maximum Gasteiger partial charge on any atom is 0.338 e. The molecule has 0 atom stereocenters. The number of amidine groups is 1. The Morgan fingerprint density at radius 3 is 2.50 bits per heavy atom. The Morgan fingerprint density at radius 1 is 1.16 bits per heavy atom. The van der Waals surface area contributed by atoms with Crippen LogP contribution in [0.3, 0.4) is 0 Å². The second-order valence-corrected chi connectivity index (χ2v) is 8.46. The molecule has 1 amide bonds. The number of methoxy groups -OCH3 is 1. The van der Waals surface area contributed by atoms with Gasteiger partial charge in [-0.2, -0.15) is 0 Å². The van der Waals surface area contributed by atoms with Crippen molar-refractivity contribution in [3.63, 3.8) is 0 Å². The molecule has 0 aliphatic carbocycles. The van der Waals surface area contributed by atoms with E-state index in [1.807, 2.05) is 19.1 Å². The minimum Gasteiger partial charge on any atom is -0.493 e. The molecule has 0 bridgehead atoms. The summed E-state index contributed by atoms with van der Waals surface area (Å²) in [7, 11) is 3.26. The van der Waals surface area contributed by atoms with Crippen LogP contribution in [0.1, 0.15) is 29.8 Å². The van der Waals surface area contributed by atoms with Crippen LogP contribution in [-0.2, 0) is 9.53 Å². The average molecular weight is 519 g/mol. The summed E-state index contributed by atoms with van der Waals surface area (Å²) in [5.41, 5.74) is 1.87. The maximum atomic E-state index is 12.8. The predicted molar refractivity (Wildman–Crippen MR) is 130 cm³/mol. The second-order valence-electron chi connectivity index (χ2n) is 6.59. The monoisotopic (exact) mass is 518 g/mol. The number of amides is 1.